The van der Waals surface area contributed by atoms with Gasteiger partial charge in [0.1, 0.15) is 5.75 Å². The molecule has 1 aliphatic heterocycles. The molecule has 10 nitrogen and oxygen atoms in total. The summed E-state index contributed by atoms with van der Waals surface area (Å²) in [6.45, 7) is -0.165. The van der Waals surface area contributed by atoms with Crippen LogP contribution in [0.15, 0.2) is 65.7 Å². The van der Waals surface area contributed by atoms with Crippen molar-refractivity contribution in [1.82, 2.24) is 15.0 Å². The van der Waals surface area contributed by atoms with Gasteiger partial charge in [0.25, 0.3) is 5.91 Å². The first-order chi connectivity index (χ1) is 16.6. The Balaban J connectivity index is 1.31. The van der Waals surface area contributed by atoms with Crippen molar-refractivity contribution in [3.05, 3.63) is 67.1 Å². The second-order valence-electron chi connectivity index (χ2n) is 7.40. The number of anilines is 5. The third-order valence-corrected chi connectivity index (χ3v) is 5.06. The van der Waals surface area contributed by atoms with E-state index in [0.29, 0.717) is 28.6 Å². The molecule has 0 spiro atoms. The molecule has 1 amide bonds. The number of carbonyl (C=O) groups is 1. The lowest BCUT2D eigenvalue weighted by Crippen LogP contribution is -2.37. The quantitative estimate of drug-likeness (QED) is 0.323. The minimum absolute atomic E-state index is 0.0445. The predicted octanol–water partition coefficient (Wildman–Crippen LogP) is 3.84. The first-order valence-electron chi connectivity index (χ1n) is 10.4. The van der Waals surface area contributed by atoms with Crippen LogP contribution in [0.3, 0.4) is 0 Å². The number of nitrogens with zero attached hydrogens (tertiary/aromatic N) is 3. The van der Waals surface area contributed by atoms with Gasteiger partial charge in [-0.15, -0.1) is 0 Å². The monoisotopic (exact) mass is 462 g/mol. The fourth-order valence-electron chi connectivity index (χ4n) is 3.39. The normalized spacial score (nSPS) is 14.6. The summed E-state index contributed by atoms with van der Waals surface area (Å²) in [6, 6.07) is 12.3. The van der Waals surface area contributed by atoms with E-state index in [0.717, 1.165) is 11.8 Å². The molecule has 0 fully saturated rings. The Bertz CT molecular complexity index is 1310. The van der Waals surface area contributed by atoms with E-state index in [9.17, 15) is 9.18 Å². The topological polar surface area (TPSA) is 134 Å². The van der Waals surface area contributed by atoms with E-state index in [-0.39, 0.29) is 30.7 Å². The number of benzene rings is 2. The molecule has 2 aromatic carbocycles. The first-order valence-corrected chi connectivity index (χ1v) is 10.4. The Morgan fingerprint density at radius 3 is 2.68 bits per heavy atom. The fourth-order valence-corrected chi connectivity index (χ4v) is 3.39. The van der Waals surface area contributed by atoms with Gasteiger partial charge in [0.15, 0.2) is 29.9 Å². The highest BCUT2D eigenvalue weighted by molar-refractivity contribution is 5.98. The van der Waals surface area contributed by atoms with Gasteiger partial charge in [-0.25, -0.2) is 14.4 Å². The number of carbonyl (C=O) groups excluding carboxylic acids is 1. The van der Waals surface area contributed by atoms with Crippen molar-refractivity contribution in [2.24, 2.45) is 0 Å². The van der Waals surface area contributed by atoms with Gasteiger partial charge in [0.05, 0.1) is 18.1 Å². The summed E-state index contributed by atoms with van der Waals surface area (Å²) in [5, 5.41) is 17.7. The summed E-state index contributed by atoms with van der Waals surface area (Å²) >= 11 is 0. The van der Waals surface area contributed by atoms with Crippen LogP contribution < -0.4 is 20.7 Å². The van der Waals surface area contributed by atoms with Crippen LogP contribution in [0.25, 0.3) is 11.3 Å². The number of aliphatic hydroxyl groups excluding tert-OH is 1. The minimum Gasteiger partial charge on any atom is -0.478 e. The van der Waals surface area contributed by atoms with Gasteiger partial charge < -0.3 is 30.2 Å². The number of rotatable bonds is 7. The van der Waals surface area contributed by atoms with Crippen molar-refractivity contribution in [3.63, 3.8) is 0 Å². The van der Waals surface area contributed by atoms with Crippen LogP contribution in [0.1, 0.15) is 6.42 Å². The Labute approximate surface area is 192 Å². The standard InChI is InChI=1S/C23H19FN6O4/c24-16-10-26-23(28-14-3-1-13(2-4-14)20-11-25-12-33-20)30-21(16)27-15-5-6-18-17(9-15)29-22(32)19(34-18)7-8-31/h1-6,9-12,19,31H,7-8H2,(H,29,32)(H2,26,27,28,30). The molecule has 0 bridgehead atoms. The third-order valence-electron chi connectivity index (χ3n) is 5.06. The minimum atomic E-state index is -0.755. The third kappa shape index (κ3) is 4.50. The molecule has 5 rings (SSSR count). The molecule has 1 unspecified atom stereocenters. The molecule has 172 valence electrons. The summed E-state index contributed by atoms with van der Waals surface area (Å²) in [7, 11) is 0. The van der Waals surface area contributed by atoms with Crippen LogP contribution in [0.5, 0.6) is 5.75 Å². The summed E-state index contributed by atoms with van der Waals surface area (Å²) in [5.41, 5.74) is 2.48. The summed E-state index contributed by atoms with van der Waals surface area (Å²) in [5.74, 6) is 0.254. The average molecular weight is 462 g/mol. The number of fused-ring (bicyclic) bond motifs is 1. The fraction of sp³-hybridized carbons (Fsp3) is 0.130. The van der Waals surface area contributed by atoms with Gasteiger partial charge >= 0.3 is 0 Å². The van der Waals surface area contributed by atoms with Crippen molar-refractivity contribution in [1.29, 1.82) is 0 Å². The Hall–Kier alpha value is -4.51. The van der Waals surface area contributed by atoms with Crippen LogP contribution in [0.2, 0.25) is 0 Å². The van der Waals surface area contributed by atoms with Gasteiger partial charge in [0.2, 0.25) is 5.95 Å². The second-order valence-corrected chi connectivity index (χ2v) is 7.40. The Morgan fingerprint density at radius 1 is 1.09 bits per heavy atom. The van der Waals surface area contributed by atoms with E-state index in [2.05, 4.69) is 30.9 Å². The second kappa shape index (κ2) is 9.16. The smallest absolute Gasteiger partial charge is 0.265 e. The van der Waals surface area contributed by atoms with Crippen LogP contribution >= 0.6 is 0 Å². The van der Waals surface area contributed by atoms with Gasteiger partial charge in [-0.3, -0.25) is 4.79 Å². The first kappa shape index (κ1) is 21.3. The number of nitrogens with one attached hydrogen (secondary N) is 3. The van der Waals surface area contributed by atoms with Gasteiger partial charge in [-0.05, 0) is 42.5 Å². The summed E-state index contributed by atoms with van der Waals surface area (Å²) in [4.78, 5) is 24.2. The summed E-state index contributed by atoms with van der Waals surface area (Å²) in [6.07, 6.45) is 3.48. The molecule has 1 aliphatic rings. The maximum absolute atomic E-state index is 14.4. The Kier molecular flexibility index (Phi) is 5.75. The van der Waals surface area contributed by atoms with Crippen molar-refractivity contribution < 1.29 is 23.4 Å². The van der Waals surface area contributed by atoms with Gasteiger partial charge in [-0.1, -0.05) is 0 Å². The number of hydrogen-bond donors (Lipinski definition) is 4. The number of aliphatic hydroxyl groups is 1. The number of oxazole rings is 1. The molecule has 1 atom stereocenters. The van der Waals surface area contributed by atoms with Crippen LogP contribution in [-0.2, 0) is 4.79 Å². The van der Waals surface area contributed by atoms with Crippen LogP contribution in [0, 0.1) is 5.82 Å². The zero-order valence-corrected chi connectivity index (χ0v) is 17.7. The number of halogens is 1. The highest BCUT2D eigenvalue weighted by atomic mass is 19.1. The van der Waals surface area contributed by atoms with E-state index < -0.39 is 11.9 Å². The van der Waals surface area contributed by atoms with Crippen LogP contribution in [0.4, 0.5) is 33.2 Å². The van der Waals surface area contributed by atoms with E-state index in [1.807, 2.05) is 24.3 Å². The van der Waals surface area contributed by atoms with Gasteiger partial charge in [-0.2, -0.15) is 4.98 Å². The van der Waals surface area contributed by atoms with E-state index in [1.165, 1.54) is 6.39 Å². The molecule has 0 aliphatic carbocycles. The lowest BCUT2D eigenvalue weighted by Gasteiger charge is -2.25. The molecule has 4 aromatic rings. The van der Waals surface area contributed by atoms with Crippen LogP contribution in [-0.4, -0.2) is 38.7 Å². The SMILES string of the molecule is O=C1Nc2cc(Nc3nc(Nc4ccc(-c5cnco5)cc4)ncc3F)ccc2OC1CCO. The number of hydrogen-bond acceptors (Lipinski definition) is 9. The summed E-state index contributed by atoms with van der Waals surface area (Å²) < 4.78 is 25.3. The molecule has 0 saturated carbocycles. The van der Waals surface area contributed by atoms with E-state index >= 15 is 0 Å². The van der Waals surface area contributed by atoms with Crippen molar-refractivity contribution in [2.45, 2.75) is 12.5 Å². The number of aromatic nitrogens is 3. The predicted molar refractivity (Wildman–Crippen MR) is 122 cm³/mol. The lowest BCUT2D eigenvalue weighted by molar-refractivity contribution is -0.124. The molecule has 34 heavy (non-hydrogen) atoms. The van der Waals surface area contributed by atoms with Gasteiger partial charge in [0, 0.05) is 30.0 Å². The molecule has 3 heterocycles. The number of amides is 1. The molecule has 0 saturated heterocycles. The highest BCUT2D eigenvalue weighted by Crippen LogP contribution is 2.34. The lowest BCUT2D eigenvalue weighted by atomic mass is 10.1. The molecular formula is C23H19FN6O4. The van der Waals surface area contributed by atoms with Crippen molar-refractivity contribution in [2.75, 3.05) is 22.6 Å². The molecule has 2 aromatic heterocycles. The zero-order valence-electron chi connectivity index (χ0n) is 17.7. The molecule has 0 radical (unpaired) electrons. The average Bonchev–Trinajstić information content (AvgIpc) is 3.38. The van der Waals surface area contributed by atoms with E-state index in [1.54, 1.807) is 24.4 Å². The highest BCUT2D eigenvalue weighted by Gasteiger charge is 2.27. The Morgan fingerprint density at radius 2 is 1.91 bits per heavy atom. The number of ether oxygens (including phenoxy) is 1. The van der Waals surface area contributed by atoms with E-state index in [4.69, 9.17) is 14.3 Å². The van der Waals surface area contributed by atoms with Crippen molar-refractivity contribution >= 4 is 34.7 Å². The molecule has 4 N–H and O–H groups in total. The largest absolute Gasteiger partial charge is 0.478 e. The molecule has 11 heteroatoms. The zero-order chi connectivity index (χ0) is 23.5. The molecular weight excluding hydrogens is 443 g/mol. The maximum Gasteiger partial charge on any atom is 0.265 e. The maximum atomic E-state index is 14.4. The van der Waals surface area contributed by atoms with Crippen molar-refractivity contribution in [3.8, 4) is 17.1 Å².